The van der Waals surface area contributed by atoms with E-state index in [2.05, 4.69) is 60.5 Å². The zero-order chi connectivity index (χ0) is 14.5. The quantitative estimate of drug-likeness (QED) is 0.777. The molecule has 0 N–H and O–H groups in total. The highest BCUT2D eigenvalue weighted by Gasteiger charge is 2.30. The fourth-order valence-corrected chi connectivity index (χ4v) is 3.30. The minimum Gasteiger partial charge on any atom is -0.494 e. The van der Waals surface area contributed by atoms with E-state index in [1.54, 1.807) is 0 Å². The summed E-state index contributed by atoms with van der Waals surface area (Å²) in [7, 11) is 2.20. The second-order valence-corrected chi connectivity index (χ2v) is 6.27. The summed E-state index contributed by atoms with van der Waals surface area (Å²) in [5, 5.41) is 0. The molecule has 3 rings (SSSR count). The van der Waals surface area contributed by atoms with Gasteiger partial charge in [0.15, 0.2) is 0 Å². The van der Waals surface area contributed by atoms with Gasteiger partial charge in [0.2, 0.25) is 0 Å². The second kappa shape index (κ2) is 6.95. The van der Waals surface area contributed by atoms with Gasteiger partial charge >= 0.3 is 0 Å². The van der Waals surface area contributed by atoms with E-state index in [4.69, 9.17) is 4.74 Å². The van der Waals surface area contributed by atoms with Crippen LogP contribution in [0.5, 0.6) is 0 Å². The van der Waals surface area contributed by atoms with Crippen molar-refractivity contribution in [3.05, 3.63) is 59.9 Å². The lowest BCUT2D eigenvalue weighted by Gasteiger charge is -2.18. The lowest BCUT2D eigenvalue weighted by atomic mass is 9.94. The van der Waals surface area contributed by atoms with Gasteiger partial charge in [-0.05, 0) is 50.9 Å². The van der Waals surface area contributed by atoms with E-state index in [-0.39, 0.29) is 0 Å². The molecule has 21 heavy (non-hydrogen) atoms. The Morgan fingerprint density at radius 3 is 2.90 bits per heavy atom. The van der Waals surface area contributed by atoms with E-state index >= 15 is 0 Å². The van der Waals surface area contributed by atoms with Crippen LogP contribution in [0.3, 0.4) is 0 Å². The van der Waals surface area contributed by atoms with Crippen LogP contribution < -0.4 is 0 Å². The highest BCUT2D eigenvalue weighted by atomic mass is 16.5. The van der Waals surface area contributed by atoms with Crippen LogP contribution in [-0.2, 0) is 11.3 Å². The Hall–Kier alpha value is -1.54. The minimum absolute atomic E-state index is 0.436. The van der Waals surface area contributed by atoms with Crippen molar-refractivity contribution in [2.75, 3.05) is 13.6 Å². The molecule has 1 aromatic carbocycles. The predicted molar refractivity (Wildman–Crippen MR) is 86.8 cm³/mol. The van der Waals surface area contributed by atoms with Crippen LogP contribution in [0.25, 0.3) is 0 Å². The summed E-state index contributed by atoms with van der Waals surface area (Å²) in [4.78, 5) is 2.40. The number of nitrogens with zero attached hydrogens (tertiary/aromatic N) is 1. The van der Waals surface area contributed by atoms with Gasteiger partial charge in [-0.15, -0.1) is 0 Å². The first-order valence-electron chi connectivity index (χ1n) is 8.07. The third kappa shape index (κ3) is 3.98. The summed E-state index contributed by atoms with van der Waals surface area (Å²) < 4.78 is 6.06. The van der Waals surface area contributed by atoms with Crippen LogP contribution in [0.2, 0.25) is 0 Å². The van der Waals surface area contributed by atoms with E-state index in [1.807, 2.05) is 0 Å². The molecule has 1 heterocycles. The fourth-order valence-electron chi connectivity index (χ4n) is 3.30. The fraction of sp³-hybridized carbons (Fsp3) is 0.474. The SMILES string of the molecule is CN(CCCC1CC2CC=CC=C2O1)Cc1ccccc1. The van der Waals surface area contributed by atoms with Gasteiger partial charge < -0.3 is 9.64 Å². The van der Waals surface area contributed by atoms with Crippen LogP contribution in [0, 0.1) is 5.92 Å². The van der Waals surface area contributed by atoms with Gasteiger partial charge in [-0.2, -0.15) is 0 Å². The van der Waals surface area contributed by atoms with Crippen LogP contribution >= 0.6 is 0 Å². The van der Waals surface area contributed by atoms with Crippen molar-refractivity contribution in [1.82, 2.24) is 4.90 Å². The van der Waals surface area contributed by atoms with Crippen molar-refractivity contribution in [2.45, 2.75) is 38.3 Å². The lowest BCUT2D eigenvalue weighted by molar-refractivity contribution is 0.144. The molecule has 0 aromatic heterocycles. The third-order valence-electron chi connectivity index (χ3n) is 4.43. The molecule has 1 aliphatic carbocycles. The Kier molecular flexibility index (Phi) is 4.76. The molecule has 0 spiro atoms. The predicted octanol–water partition coefficient (Wildman–Crippen LogP) is 4.15. The molecule has 2 unspecified atom stereocenters. The van der Waals surface area contributed by atoms with Gasteiger partial charge in [-0.25, -0.2) is 0 Å². The van der Waals surface area contributed by atoms with E-state index < -0.39 is 0 Å². The highest BCUT2D eigenvalue weighted by Crippen LogP contribution is 2.36. The zero-order valence-corrected chi connectivity index (χ0v) is 12.9. The van der Waals surface area contributed by atoms with Gasteiger partial charge in [-0.1, -0.05) is 42.5 Å². The first kappa shape index (κ1) is 14.4. The summed E-state index contributed by atoms with van der Waals surface area (Å²) in [6.07, 6.45) is 11.7. The summed E-state index contributed by atoms with van der Waals surface area (Å²) >= 11 is 0. The largest absolute Gasteiger partial charge is 0.494 e. The molecule has 0 bridgehead atoms. The summed E-state index contributed by atoms with van der Waals surface area (Å²) in [5.74, 6) is 1.88. The number of hydrogen-bond acceptors (Lipinski definition) is 2. The number of rotatable bonds is 6. The Bertz CT molecular complexity index is 506. The van der Waals surface area contributed by atoms with Crippen LogP contribution in [-0.4, -0.2) is 24.6 Å². The third-order valence-corrected chi connectivity index (χ3v) is 4.43. The molecule has 0 radical (unpaired) electrons. The average Bonchev–Trinajstić information content (AvgIpc) is 2.91. The summed E-state index contributed by atoms with van der Waals surface area (Å²) in [5.41, 5.74) is 1.39. The average molecular weight is 283 g/mol. The molecule has 2 atom stereocenters. The maximum Gasteiger partial charge on any atom is 0.0999 e. The van der Waals surface area contributed by atoms with Crippen molar-refractivity contribution in [3.8, 4) is 0 Å². The molecule has 112 valence electrons. The van der Waals surface area contributed by atoms with Crippen LogP contribution in [0.4, 0.5) is 0 Å². The molecule has 2 aliphatic rings. The monoisotopic (exact) mass is 283 g/mol. The number of ether oxygens (including phenoxy) is 1. The van der Waals surface area contributed by atoms with E-state index in [9.17, 15) is 0 Å². The number of allylic oxidation sites excluding steroid dienone is 4. The van der Waals surface area contributed by atoms with Crippen molar-refractivity contribution < 1.29 is 4.74 Å². The van der Waals surface area contributed by atoms with Crippen molar-refractivity contribution >= 4 is 0 Å². The Balaban J connectivity index is 1.37. The molecule has 1 fully saturated rings. The van der Waals surface area contributed by atoms with Crippen molar-refractivity contribution in [3.63, 3.8) is 0 Å². The molecular weight excluding hydrogens is 258 g/mol. The summed E-state index contributed by atoms with van der Waals surface area (Å²) in [6, 6.07) is 10.7. The molecule has 2 nitrogen and oxygen atoms in total. The Labute approximate surface area is 128 Å². The van der Waals surface area contributed by atoms with E-state index in [0.29, 0.717) is 12.0 Å². The lowest BCUT2D eigenvalue weighted by Crippen LogP contribution is -2.20. The summed E-state index contributed by atoms with van der Waals surface area (Å²) in [6.45, 7) is 2.17. The molecule has 1 aliphatic heterocycles. The molecule has 0 saturated carbocycles. The second-order valence-electron chi connectivity index (χ2n) is 6.27. The number of fused-ring (bicyclic) bond motifs is 1. The maximum atomic E-state index is 6.06. The van der Waals surface area contributed by atoms with E-state index in [1.165, 1.54) is 30.6 Å². The van der Waals surface area contributed by atoms with Crippen molar-refractivity contribution in [1.29, 1.82) is 0 Å². The zero-order valence-electron chi connectivity index (χ0n) is 12.9. The van der Waals surface area contributed by atoms with Crippen molar-refractivity contribution in [2.24, 2.45) is 5.92 Å². The van der Waals surface area contributed by atoms with Crippen LogP contribution in [0.15, 0.2) is 54.3 Å². The van der Waals surface area contributed by atoms with Gasteiger partial charge in [-0.3, -0.25) is 0 Å². The first-order chi connectivity index (χ1) is 10.3. The van der Waals surface area contributed by atoms with Gasteiger partial charge in [0.25, 0.3) is 0 Å². The minimum atomic E-state index is 0.436. The molecule has 1 saturated heterocycles. The first-order valence-corrected chi connectivity index (χ1v) is 8.07. The highest BCUT2D eigenvalue weighted by molar-refractivity contribution is 5.19. The number of benzene rings is 1. The molecule has 0 amide bonds. The normalized spacial score (nSPS) is 23.8. The van der Waals surface area contributed by atoms with Crippen LogP contribution in [0.1, 0.15) is 31.2 Å². The smallest absolute Gasteiger partial charge is 0.0999 e. The van der Waals surface area contributed by atoms with Gasteiger partial charge in [0.1, 0.15) is 0 Å². The Morgan fingerprint density at radius 2 is 2.10 bits per heavy atom. The maximum absolute atomic E-state index is 6.06. The molecular formula is C19H25NO. The van der Waals surface area contributed by atoms with Gasteiger partial charge in [0, 0.05) is 12.5 Å². The standard InChI is InChI=1S/C19H25NO/c1-20(15-16-8-3-2-4-9-16)13-7-11-18-14-17-10-5-6-12-19(17)21-18/h2-6,8-9,12,17-18H,7,10-11,13-15H2,1H3. The molecule has 1 aromatic rings. The van der Waals surface area contributed by atoms with Gasteiger partial charge in [0.05, 0.1) is 11.9 Å². The Morgan fingerprint density at radius 1 is 1.24 bits per heavy atom. The topological polar surface area (TPSA) is 12.5 Å². The number of hydrogen-bond donors (Lipinski definition) is 0. The van der Waals surface area contributed by atoms with E-state index in [0.717, 1.165) is 19.5 Å². The molecule has 2 heteroatoms.